The van der Waals surface area contributed by atoms with Gasteiger partial charge in [-0.1, -0.05) is 6.92 Å². The summed E-state index contributed by atoms with van der Waals surface area (Å²) in [5, 5.41) is 11.3. The predicted octanol–water partition coefficient (Wildman–Crippen LogP) is 0.538. The van der Waals surface area contributed by atoms with Gasteiger partial charge in [0.15, 0.2) is 0 Å². The van der Waals surface area contributed by atoms with Crippen molar-refractivity contribution in [2.24, 2.45) is 0 Å². The van der Waals surface area contributed by atoms with Crippen molar-refractivity contribution in [3.63, 3.8) is 0 Å². The van der Waals surface area contributed by atoms with E-state index in [0.29, 0.717) is 0 Å². The molecule has 1 aromatic rings. The van der Waals surface area contributed by atoms with Crippen LogP contribution in [0.1, 0.15) is 18.9 Å². The SMILES string of the molecule is CC[C@H](CO)[NH2+]Cc1cc(OC)ccc1OC. The van der Waals surface area contributed by atoms with Crippen LogP contribution in [0, 0.1) is 0 Å². The van der Waals surface area contributed by atoms with Crippen molar-refractivity contribution in [2.45, 2.75) is 25.9 Å². The van der Waals surface area contributed by atoms with Crippen LogP contribution in [0.5, 0.6) is 11.5 Å². The molecule has 0 unspecified atom stereocenters. The Hall–Kier alpha value is -1.26. The Morgan fingerprint density at radius 3 is 2.59 bits per heavy atom. The van der Waals surface area contributed by atoms with Crippen LogP contribution >= 0.6 is 0 Å². The molecule has 0 radical (unpaired) electrons. The minimum Gasteiger partial charge on any atom is -0.497 e. The van der Waals surface area contributed by atoms with Crippen LogP contribution in [-0.2, 0) is 6.54 Å². The van der Waals surface area contributed by atoms with Gasteiger partial charge in [0, 0.05) is 0 Å². The molecule has 1 atom stereocenters. The second kappa shape index (κ2) is 7.14. The number of aliphatic hydroxyl groups is 1. The van der Waals surface area contributed by atoms with Crippen LogP contribution in [0.15, 0.2) is 18.2 Å². The molecule has 1 rings (SSSR count). The van der Waals surface area contributed by atoms with Crippen LogP contribution in [0.2, 0.25) is 0 Å². The van der Waals surface area contributed by atoms with E-state index in [0.717, 1.165) is 30.0 Å². The summed E-state index contributed by atoms with van der Waals surface area (Å²) in [5.74, 6) is 1.68. The first kappa shape index (κ1) is 13.8. The van der Waals surface area contributed by atoms with E-state index in [9.17, 15) is 0 Å². The summed E-state index contributed by atoms with van der Waals surface area (Å²) in [6.07, 6.45) is 0.947. The van der Waals surface area contributed by atoms with Gasteiger partial charge in [-0.15, -0.1) is 0 Å². The Labute approximate surface area is 103 Å². The quantitative estimate of drug-likeness (QED) is 0.731. The average molecular weight is 240 g/mol. The third-order valence-corrected chi connectivity index (χ3v) is 2.92. The number of nitrogens with two attached hydrogens (primary N) is 1. The summed E-state index contributed by atoms with van der Waals surface area (Å²) in [5.41, 5.74) is 1.08. The summed E-state index contributed by atoms with van der Waals surface area (Å²) in [4.78, 5) is 0. The summed E-state index contributed by atoms with van der Waals surface area (Å²) in [7, 11) is 3.31. The molecule has 0 aliphatic heterocycles. The summed E-state index contributed by atoms with van der Waals surface area (Å²) in [6.45, 7) is 3.04. The number of methoxy groups -OCH3 is 2. The number of aliphatic hydroxyl groups excluding tert-OH is 1. The molecule has 4 heteroatoms. The molecule has 1 aromatic carbocycles. The number of hydrogen-bond acceptors (Lipinski definition) is 3. The lowest BCUT2D eigenvalue weighted by Gasteiger charge is -2.13. The Morgan fingerprint density at radius 1 is 1.29 bits per heavy atom. The van der Waals surface area contributed by atoms with Gasteiger partial charge in [-0.25, -0.2) is 0 Å². The molecule has 4 nitrogen and oxygen atoms in total. The highest BCUT2D eigenvalue weighted by molar-refractivity contribution is 5.39. The van der Waals surface area contributed by atoms with Gasteiger partial charge in [0.25, 0.3) is 0 Å². The Balaban J connectivity index is 2.73. The first-order valence-corrected chi connectivity index (χ1v) is 5.90. The van der Waals surface area contributed by atoms with Gasteiger partial charge in [0.1, 0.15) is 24.1 Å². The van der Waals surface area contributed by atoms with Crippen LogP contribution in [0.4, 0.5) is 0 Å². The van der Waals surface area contributed by atoms with E-state index in [-0.39, 0.29) is 12.6 Å². The first-order chi connectivity index (χ1) is 8.24. The molecule has 0 aliphatic rings. The topological polar surface area (TPSA) is 55.3 Å². The highest BCUT2D eigenvalue weighted by Gasteiger charge is 2.11. The van der Waals surface area contributed by atoms with E-state index in [1.165, 1.54) is 0 Å². The maximum atomic E-state index is 9.14. The van der Waals surface area contributed by atoms with Crippen molar-refractivity contribution in [3.05, 3.63) is 23.8 Å². The minimum absolute atomic E-state index is 0.197. The summed E-state index contributed by atoms with van der Waals surface area (Å²) >= 11 is 0. The molecule has 0 heterocycles. The van der Waals surface area contributed by atoms with E-state index < -0.39 is 0 Å². The van der Waals surface area contributed by atoms with Gasteiger partial charge in [0.05, 0.1) is 26.4 Å². The Morgan fingerprint density at radius 2 is 2.06 bits per heavy atom. The number of rotatable bonds is 7. The van der Waals surface area contributed by atoms with Crippen LogP contribution in [0.25, 0.3) is 0 Å². The molecule has 96 valence electrons. The predicted molar refractivity (Wildman–Crippen MR) is 66.3 cm³/mol. The fourth-order valence-corrected chi connectivity index (χ4v) is 1.71. The monoisotopic (exact) mass is 240 g/mol. The second-order valence-corrected chi connectivity index (χ2v) is 3.97. The summed E-state index contributed by atoms with van der Waals surface area (Å²) < 4.78 is 10.5. The molecular formula is C13H22NO3+. The third-order valence-electron chi connectivity index (χ3n) is 2.92. The molecule has 17 heavy (non-hydrogen) atoms. The summed E-state index contributed by atoms with van der Waals surface area (Å²) in [6, 6.07) is 6.00. The van der Waals surface area contributed by atoms with Crippen LogP contribution < -0.4 is 14.8 Å². The molecule has 0 bridgehead atoms. The van der Waals surface area contributed by atoms with Crippen molar-refractivity contribution < 1.29 is 19.9 Å². The molecule has 3 N–H and O–H groups in total. The highest BCUT2D eigenvalue weighted by Crippen LogP contribution is 2.22. The molecule has 0 aromatic heterocycles. The first-order valence-electron chi connectivity index (χ1n) is 5.90. The van der Waals surface area contributed by atoms with Crippen LogP contribution in [-0.4, -0.2) is 32.0 Å². The van der Waals surface area contributed by atoms with E-state index in [2.05, 4.69) is 12.2 Å². The van der Waals surface area contributed by atoms with Gasteiger partial charge in [-0.2, -0.15) is 0 Å². The molecule has 0 aliphatic carbocycles. The van der Waals surface area contributed by atoms with E-state index >= 15 is 0 Å². The van der Waals surface area contributed by atoms with Gasteiger partial charge < -0.3 is 19.9 Å². The van der Waals surface area contributed by atoms with Crippen LogP contribution in [0.3, 0.4) is 0 Å². The lowest BCUT2D eigenvalue weighted by Crippen LogP contribution is -2.89. The normalized spacial score (nSPS) is 12.2. The molecule has 0 saturated heterocycles. The molecule has 0 spiro atoms. The van der Waals surface area contributed by atoms with Crippen molar-refractivity contribution >= 4 is 0 Å². The average Bonchev–Trinajstić information content (AvgIpc) is 2.39. The van der Waals surface area contributed by atoms with Crippen molar-refractivity contribution in [2.75, 3.05) is 20.8 Å². The molecule has 0 amide bonds. The fourth-order valence-electron chi connectivity index (χ4n) is 1.71. The third kappa shape index (κ3) is 3.91. The van der Waals surface area contributed by atoms with Crippen molar-refractivity contribution in [3.8, 4) is 11.5 Å². The zero-order valence-electron chi connectivity index (χ0n) is 10.8. The maximum absolute atomic E-state index is 9.14. The second-order valence-electron chi connectivity index (χ2n) is 3.97. The van der Waals surface area contributed by atoms with E-state index in [1.807, 2.05) is 18.2 Å². The maximum Gasteiger partial charge on any atom is 0.127 e. The van der Waals surface area contributed by atoms with E-state index in [1.54, 1.807) is 14.2 Å². The van der Waals surface area contributed by atoms with Gasteiger partial charge in [0.2, 0.25) is 0 Å². The van der Waals surface area contributed by atoms with Crippen molar-refractivity contribution in [1.82, 2.24) is 0 Å². The highest BCUT2D eigenvalue weighted by atomic mass is 16.5. The van der Waals surface area contributed by atoms with Gasteiger partial charge in [-0.3, -0.25) is 0 Å². The Kier molecular flexibility index (Phi) is 5.80. The lowest BCUT2D eigenvalue weighted by molar-refractivity contribution is -0.706. The number of hydrogen-bond donors (Lipinski definition) is 2. The zero-order valence-corrected chi connectivity index (χ0v) is 10.8. The number of benzene rings is 1. The van der Waals surface area contributed by atoms with Crippen molar-refractivity contribution in [1.29, 1.82) is 0 Å². The number of ether oxygens (including phenoxy) is 2. The lowest BCUT2D eigenvalue weighted by atomic mass is 10.1. The largest absolute Gasteiger partial charge is 0.497 e. The molecule has 0 fully saturated rings. The zero-order chi connectivity index (χ0) is 12.7. The Bertz CT molecular complexity index is 337. The molecular weight excluding hydrogens is 218 g/mol. The standard InChI is InChI=1S/C13H21NO3/c1-4-11(9-15)14-8-10-7-12(16-2)5-6-13(10)17-3/h5-7,11,14-15H,4,8-9H2,1-3H3/p+1/t11-/m1/s1. The van der Waals surface area contributed by atoms with Gasteiger partial charge in [-0.05, 0) is 24.6 Å². The van der Waals surface area contributed by atoms with Gasteiger partial charge >= 0.3 is 0 Å². The fraction of sp³-hybridized carbons (Fsp3) is 0.538. The minimum atomic E-state index is 0.197. The smallest absolute Gasteiger partial charge is 0.127 e. The molecule has 0 saturated carbocycles. The number of quaternary nitrogens is 1. The van der Waals surface area contributed by atoms with E-state index in [4.69, 9.17) is 14.6 Å².